The van der Waals surface area contributed by atoms with E-state index in [1.54, 1.807) is 0 Å². The number of aryl methyl sites for hydroxylation is 1. The van der Waals surface area contributed by atoms with E-state index in [1.165, 1.54) is 0 Å². The van der Waals surface area contributed by atoms with Crippen LogP contribution in [-0.2, 0) is 0 Å². The molecule has 2 nitrogen and oxygen atoms in total. The van der Waals surface area contributed by atoms with Gasteiger partial charge in [0.1, 0.15) is 0 Å². The van der Waals surface area contributed by atoms with E-state index in [9.17, 15) is 0 Å². The van der Waals surface area contributed by atoms with Crippen LogP contribution in [0.5, 0.6) is 0 Å². The third kappa shape index (κ3) is 2.50. The summed E-state index contributed by atoms with van der Waals surface area (Å²) in [6, 6.07) is 5.82. The minimum atomic E-state index is 0.688. The fraction of sp³-hybridized carbons (Fsp3) is 0.273. The van der Waals surface area contributed by atoms with Crippen LogP contribution in [0.25, 0.3) is 0 Å². The normalized spacial score (nSPS) is 9.08. The van der Waals surface area contributed by atoms with Crippen LogP contribution in [0.4, 0.5) is 5.69 Å². The number of nitrogen functional groups attached to an aromatic ring is 1. The van der Waals surface area contributed by atoms with Gasteiger partial charge in [-0.3, -0.25) is 0 Å². The van der Waals surface area contributed by atoms with Gasteiger partial charge in [-0.05, 0) is 25.6 Å². The molecule has 0 fully saturated rings. The molecule has 1 aromatic rings. The molecule has 0 saturated carbocycles. The molecule has 0 spiro atoms. The smallest absolute Gasteiger partial charge is 0.0577 e. The number of benzene rings is 1. The average molecular weight is 174 g/mol. The van der Waals surface area contributed by atoms with E-state index in [0.717, 1.165) is 16.8 Å². The van der Waals surface area contributed by atoms with Crippen molar-refractivity contribution in [2.24, 2.45) is 0 Å². The van der Waals surface area contributed by atoms with E-state index in [1.807, 2.05) is 32.2 Å². The van der Waals surface area contributed by atoms with Crippen molar-refractivity contribution in [2.45, 2.75) is 6.92 Å². The molecule has 0 unspecified atom stereocenters. The van der Waals surface area contributed by atoms with Crippen LogP contribution in [0.2, 0.25) is 0 Å². The maximum atomic E-state index is 5.78. The summed E-state index contributed by atoms with van der Waals surface area (Å²) in [6.07, 6.45) is 0. The quantitative estimate of drug-likeness (QED) is 0.495. The lowest BCUT2D eigenvalue weighted by Crippen LogP contribution is -2.04. The van der Waals surface area contributed by atoms with Crippen molar-refractivity contribution in [3.05, 3.63) is 29.3 Å². The summed E-state index contributed by atoms with van der Waals surface area (Å²) in [5.41, 5.74) is 8.60. The van der Waals surface area contributed by atoms with Crippen molar-refractivity contribution < 1.29 is 0 Å². The van der Waals surface area contributed by atoms with Crippen LogP contribution >= 0.6 is 0 Å². The van der Waals surface area contributed by atoms with Crippen LogP contribution in [0.1, 0.15) is 11.1 Å². The van der Waals surface area contributed by atoms with E-state index in [-0.39, 0.29) is 0 Å². The molecule has 0 aromatic heterocycles. The summed E-state index contributed by atoms with van der Waals surface area (Å²) in [7, 11) is 1.87. The lowest BCUT2D eigenvalue weighted by atomic mass is 10.1. The Labute approximate surface area is 79.1 Å². The molecular weight excluding hydrogens is 160 g/mol. The van der Waals surface area contributed by atoms with E-state index in [2.05, 4.69) is 17.2 Å². The minimum absolute atomic E-state index is 0.688. The average Bonchev–Trinajstić information content (AvgIpc) is 2.10. The van der Waals surface area contributed by atoms with Gasteiger partial charge in [0.25, 0.3) is 0 Å². The van der Waals surface area contributed by atoms with Crippen molar-refractivity contribution in [1.82, 2.24) is 5.32 Å². The largest absolute Gasteiger partial charge is 0.398 e. The minimum Gasteiger partial charge on any atom is -0.398 e. The molecule has 3 N–H and O–H groups in total. The number of hydrogen-bond donors (Lipinski definition) is 2. The molecule has 0 atom stereocenters. The zero-order valence-electron chi connectivity index (χ0n) is 8.02. The van der Waals surface area contributed by atoms with Crippen LogP contribution in [0.15, 0.2) is 18.2 Å². The second-order valence-electron chi connectivity index (χ2n) is 2.87. The summed E-state index contributed by atoms with van der Waals surface area (Å²) >= 11 is 0. The van der Waals surface area contributed by atoms with Gasteiger partial charge in [-0.1, -0.05) is 24.0 Å². The lowest BCUT2D eigenvalue weighted by molar-refractivity contribution is 0.938. The van der Waals surface area contributed by atoms with Crippen molar-refractivity contribution in [2.75, 3.05) is 19.3 Å². The molecule has 13 heavy (non-hydrogen) atoms. The van der Waals surface area contributed by atoms with E-state index in [4.69, 9.17) is 5.73 Å². The molecule has 0 radical (unpaired) electrons. The van der Waals surface area contributed by atoms with Crippen molar-refractivity contribution >= 4 is 5.69 Å². The molecule has 0 saturated heterocycles. The number of anilines is 1. The Balaban J connectivity index is 2.95. The highest BCUT2D eigenvalue weighted by Crippen LogP contribution is 2.13. The topological polar surface area (TPSA) is 38.0 Å². The van der Waals surface area contributed by atoms with Gasteiger partial charge in [0.05, 0.1) is 12.1 Å². The van der Waals surface area contributed by atoms with Gasteiger partial charge in [-0.15, -0.1) is 0 Å². The first-order valence-electron chi connectivity index (χ1n) is 4.24. The van der Waals surface area contributed by atoms with Gasteiger partial charge in [0.15, 0.2) is 0 Å². The van der Waals surface area contributed by atoms with E-state index >= 15 is 0 Å². The summed E-state index contributed by atoms with van der Waals surface area (Å²) in [5.74, 6) is 6.04. The highest BCUT2D eigenvalue weighted by Gasteiger charge is 1.97. The Morgan fingerprint density at radius 1 is 1.46 bits per heavy atom. The molecule has 0 aliphatic heterocycles. The summed E-state index contributed by atoms with van der Waals surface area (Å²) < 4.78 is 0. The molecule has 0 amide bonds. The van der Waals surface area contributed by atoms with Crippen LogP contribution in [0.3, 0.4) is 0 Å². The number of nitrogens with one attached hydrogen (secondary N) is 1. The van der Waals surface area contributed by atoms with E-state index < -0.39 is 0 Å². The molecule has 0 heterocycles. The standard InChI is InChI=1S/C11H14N2/c1-9-5-3-7-11(12)10(9)6-4-8-13-2/h3,5,7,13H,8,12H2,1-2H3. The predicted octanol–water partition coefficient (Wildman–Crippen LogP) is 1.15. The second-order valence-corrected chi connectivity index (χ2v) is 2.87. The Hall–Kier alpha value is -1.46. The maximum Gasteiger partial charge on any atom is 0.0577 e. The molecule has 0 aliphatic carbocycles. The molecular formula is C11H14N2. The third-order valence-corrected chi connectivity index (χ3v) is 1.78. The summed E-state index contributed by atoms with van der Waals surface area (Å²) in [5, 5.41) is 2.96. The van der Waals surface area contributed by atoms with E-state index in [0.29, 0.717) is 6.54 Å². The van der Waals surface area contributed by atoms with Gasteiger partial charge in [0, 0.05) is 5.69 Å². The molecule has 1 rings (SSSR count). The highest BCUT2D eigenvalue weighted by atomic mass is 14.8. The van der Waals surface area contributed by atoms with Gasteiger partial charge < -0.3 is 11.1 Å². The van der Waals surface area contributed by atoms with Gasteiger partial charge in [-0.25, -0.2) is 0 Å². The number of hydrogen-bond acceptors (Lipinski definition) is 2. The Morgan fingerprint density at radius 2 is 2.23 bits per heavy atom. The molecule has 1 aromatic carbocycles. The predicted molar refractivity (Wildman–Crippen MR) is 56.4 cm³/mol. The fourth-order valence-corrected chi connectivity index (χ4v) is 1.08. The zero-order valence-corrected chi connectivity index (χ0v) is 8.02. The first-order valence-corrected chi connectivity index (χ1v) is 4.24. The lowest BCUT2D eigenvalue weighted by Gasteiger charge is -2.00. The van der Waals surface area contributed by atoms with Crippen molar-refractivity contribution in [3.63, 3.8) is 0 Å². The van der Waals surface area contributed by atoms with Gasteiger partial charge in [-0.2, -0.15) is 0 Å². The third-order valence-electron chi connectivity index (χ3n) is 1.78. The van der Waals surface area contributed by atoms with Crippen molar-refractivity contribution in [1.29, 1.82) is 0 Å². The van der Waals surface area contributed by atoms with Gasteiger partial charge in [0.2, 0.25) is 0 Å². The summed E-state index contributed by atoms with van der Waals surface area (Å²) in [4.78, 5) is 0. The van der Waals surface area contributed by atoms with Crippen LogP contribution in [0, 0.1) is 18.8 Å². The maximum absolute atomic E-state index is 5.78. The Bertz CT molecular complexity index is 325. The Kier molecular flexibility index (Phi) is 3.36. The SMILES string of the molecule is CNCC#Cc1c(C)cccc1N. The number of rotatable bonds is 1. The first-order chi connectivity index (χ1) is 6.25. The van der Waals surface area contributed by atoms with Crippen LogP contribution < -0.4 is 11.1 Å². The molecule has 2 heteroatoms. The molecule has 0 aliphatic rings. The monoisotopic (exact) mass is 174 g/mol. The molecule has 68 valence electrons. The fourth-order valence-electron chi connectivity index (χ4n) is 1.08. The van der Waals surface area contributed by atoms with Gasteiger partial charge >= 0.3 is 0 Å². The highest BCUT2D eigenvalue weighted by molar-refractivity contribution is 5.59. The Morgan fingerprint density at radius 3 is 2.85 bits per heavy atom. The van der Waals surface area contributed by atoms with Crippen molar-refractivity contribution in [3.8, 4) is 11.8 Å². The summed E-state index contributed by atoms with van der Waals surface area (Å²) in [6.45, 7) is 2.70. The molecule has 0 bridgehead atoms. The zero-order chi connectivity index (χ0) is 9.68. The van der Waals surface area contributed by atoms with Crippen LogP contribution in [-0.4, -0.2) is 13.6 Å². The number of nitrogens with two attached hydrogens (primary N) is 1. The first kappa shape index (κ1) is 9.63. The second kappa shape index (κ2) is 4.54.